The van der Waals surface area contributed by atoms with Crippen molar-refractivity contribution in [3.05, 3.63) is 0 Å². The van der Waals surface area contributed by atoms with Crippen LogP contribution in [0.1, 0.15) is 40.0 Å². The molecule has 0 aromatic carbocycles. The molecule has 2 atom stereocenters. The Morgan fingerprint density at radius 1 is 1.05 bits per heavy atom. The molecule has 0 aliphatic heterocycles. The van der Waals surface area contributed by atoms with E-state index in [1.54, 1.807) is 7.11 Å². The van der Waals surface area contributed by atoms with Gasteiger partial charge in [-0.2, -0.15) is 0 Å². The average molecular weight is 305 g/mol. The summed E-state index contributed by atoms with van der Waals surface area (Å²) in [5.74, 6) is 0.626. The van der Waals surface area contributed by atoms with Gasteiger partial charge in [0.15, 0.2) is 0 Å². The largest absolute Gasteiger partial charge is 0.389 e. The Morgan fingerprint density at radius 3 is 2.48 bits per heavy atom. The van der Waals surface area contributed by atoms with E-state index in [0.29, 0.717) is 32.3 Å². The molecule has 0 radical (unpaired) electrons. The molecule has 0 saturated heterocycles. The number of hydrogen-bond acceptors (Lipinski definition) is 5. The molecule has 21 heavy (non-hydrogen) atoms. The van der Waals surface area contributed by atoms with Crippen molar-refractivity contribution in [2.45, 2.75) is 52.2 Å². The number of aliphatic hydroxyl groups excluding tert-OH is 1. The minimum absolute atomic E-state index is 0.212. The zero-order valence-corrected chi connectivity index (χ0v) is 14.3. The lowest BCUT2D eigenvalue weighted by Gasteiger charge is -2.18. The van der Waals surface area contributed by atoms with Crippen LogP contribution in [0.4, 0.5) is 0 Å². The van der Waals surface area contributed by atoms with Gasteiger partial charge in [0.25, 0.3) is 0 Å². The number of ether oxygens (including phenoxy) is 3. The summed E-state index contributed by atoms with van der Waals surface area (Å²) in [7, 11) is 1.67. The van der Waals surface area contributed by atoms with Crippen molar-refractivity contribution >= 4 is 0 Å². The predicted octanol–water partition coefficient (Wildman–Crippen LogP) is 1.83. The van der Waals surface area contributed by atoms with E-state index < -0.39 is 6.10 Å². The van der Waals surface area contributed by atoms with Gasteiger partial charge in [0, 0.05) is 20.3 Å². The first-order valence-electron chi connectivity index (χ1n) is 8.13. The summed E-state index contributed by atoms with van der Waals surface area (Å²) in [4.78, 5) is 0. The van der Waals surface area contributed by atoms with Crippen LogP contribution in [0.25, 0.3) is 0 Å². The zero-order chi connectivity index (χ0) is 15.9. The first-order valence-corrected chi connectivity index (χ1v) is 8.13. The summed E-state index contributed by atoms with van der Waals surface area (Å²) in [6.07, 6.45) is 2.88. The highest BCUT2D eigenvalue weighted by molar-refractivity contribution is 4.61. The van der Waals surface area contributed by atoms with E-state index in [9.17, 15) is 5.11 Å². The van der Waals surface area contributed by atoms with Gasteiger partial charge in [0.2, 0.25) is 0 Å². The maximum atomic E-state index is 9.81. The fourth-order valence-corrected chi connectivity index (χ4v) is 2.03. The molecule has 5 heteroatoms. The zero-order valence-electron chi connectivity index (χ0n) is 14.3. The smallest absolute Gasteiger partial charge is 0.0897 e. The topological polar surface area (TPSA) is 60.0 Å². The second-order valence-corrected chi connectivity index (χ2v) is 5.94. The maximum Gasteiger partial charge on any atom is 0.0897 e. The van der Waals surface area contributed by atoms with Crippen molar-refractivity contribution in [1.29, 1.82) is 0 Å². The monoisotopic (exact) mass is 305 g/mol. The molecule has 0 aliphatic rings. The molecule has 0 amide bonds. The van der Waals surface area contributed by atoms with Gasteiger partial charge in [-0.05, 0) is 38.6 Å². The second-order valence-electron chi connectivity index (χ2n) is 5.94. The lowest BCUT2D eigenvalue weighted by atomic mass is 10.1. The van der Waals surface area contributed by atoms with Crippen LogP contribution in [0.3, 0.4) is 0 Å². The summed E-state index contributed by atoms with van der Waals surface area (Å²) < 4.78 is 15.9. The van der Waals surface area contributed by atoms with Crippen molar-refractivity contribution in [3.63, 3.8) is 0 Å². The Hall–Kier alpha value is -0.200. The number of hydrogen-bond donors (Lipinski definition) is 2. The third kappa shape index (κ3) is 16.0. The lowest BCUT2D eigenvalue weighted by molar-refractivity contribution is -0.00848. The van der Waals surface area contributed by atoms with E-state index in [-0.39, 0.29) is 6.10 Å². The van der Waals surface area contributed by atoms with Crippen molar-refractivity contribution in [1.82, 2.24) is 5.32 Å². The Labute approximate surface area is 130 Å². The standard InChI is InChI=1S/C16H35NO4/c1-14(2)11-15(3)21-13-16(18)12-17-7-5-6-8-20-10-9-19-4/h14-18H,5-13H2,1-4H3. The van der Waals surface area contributed by atoms with Gasteiger partial charge in [-0.25, -0.2) is 0 Å². The highest BCUT2D eigenvalue weighted by Crippen LogP contribution is 2.07. The molecule has 5 nitrogen and oxygen atoms in total. The predicted molar refractivity (Wildman–Crippen MR) is 85.7 cm³/mol. The van der Waals surface area contributed by atoms with Crippen LogP contribution in [-0.2, 0) is 14.2 Å². The van der Waals surface area contributed by atoms with Gasteiger partial charge < -0.3 is 24.6 Å². The molecular weight excluding hydrogens is 270 g/mol. The van der Waals surface area contributed by atoms with Crippen LogP contribution in [0.15, 0.2) is 0 Å². The summed E-state index contributed by atoms with van der Waals surface area (Å²) in [5, 5.41) is 13.0. The molecule has 0 aromatic heterocycles. The maximum absolute atomic E-state index is 9.81. The molecule has 0 spiro atoms. The Kier molecular flexibility index (Phi) is 14.6. The molecule has 2 unspecified atom stereocenters. The molecule has 0 saturated carbocycles. The minimum Gasteiger partial charge on any atom is -0.389 e. The fraction of sp³-hybridized carbons (Fsp3) is 1.00. The van der Waals surface area contributed by atoms with E-state index in [0.717, 1.165) is 32.4 Å². The summed E-state index contributed by atoms with van der Waals surface area (Å²) in [6, 6.07) is 0. The van der Waals surface area contributed by atoms with Crippen LogP contribution in [0, 0.1) is 5.92 Å². The van der Waals surface area contributed by atoms with Gasteiger partial charge in [0.1, 0.15) is 0 Å². The fourth-order valence-electron chi connectivity index (χ4n) is 2.03. The minimum atomic E-state index is -0.433. The van der Waals surface area contributed by atoms with Crippen LogP contribution in [0.5, 0.6) is 0 Å². The molecule has 0 rings (SSSR count). The Bertz CT molecular complexity index is 214. The van der Waals surface area contributed by atoms with Crippen LogP contribution in [-0.4, -0.2) is 63.9 Å². The normalized spacial score (nSPS) is 14.6. The molecular formula is C16H35NO4. The number of rotatable bonds is 15. The van der Waals surface area contributed by atoms with E-state index in [4.69, 9.17) is 14.2 Å². The van der Waals surface area contributed by atoms with Crippen LogP contribution >= 0.6 is 0 Å². The lowest BCUT2D eigenvalue weighted by Crippen LogP contribution is -2.32. The number of unbranched alkanes of at least 4 members (excludes halogenated alkanes) is 1. The highest BCUT2D eigenvalue weighted by atomic mass is 16.5. The molecule has 0 fully saturated rings. The first kappa shape index (κ1) is 20.8. The molecule has 2 N–H and O–H groups in total. The SMILES string of the molecule is COCCOCCCCNCC(O)COC(C)CC(C)C. The average Bonchev–Trinajstić information content (AvgIpc) is 2.42. The Morgan fingerprint density at radius 2 is 1.81 bits per heavy atom. The first-order chi connectivity index (χ1) is 10.1. The number of aliphatic hydroxyl groups is 1. The number of methoxy groups -OCH3 is 1. The summed E-state index contributed by atoms with van der Waals surface area (Å²) >= 11 is 0. The van der Waals surface area contributed by atoms with Crippen molar-refractivity contribution in [3.8, 4) is 0 Å². The molecule has 0 aromatic rings. The van der Waals surface area contributed by atoms with E-state index in [1.165, 1.54) is 0 Å². The van der Waals surface area contributed by atoms with Crippen LogP contribution in [0.2, 0.25) is 0 Å². The van der Waals surface area contributed by atoms with Gasteiger partial charge in [-0.3, -0.25) is 0 Å². The third-order valence-electron chi connectivity index (χ3n) is 3.08. The van der Waals surface area contributed by atoms with Gasteiger partial charge in [0.05, 0.1) is 32.0 Å². The van der Waals surface area contributed by atoms with Gasteiger partial charge in [-0.1, -0.05) is 13.8 Å². The van der Waals surface area contributed by atoms with Crippen molar-refractivity contribution in [2.75, 3.05) is 46.6 Å². The molecule has 0 heterocycles. The van der Waals surface area contributed by atoms with Crippen LogP contribution < -0.4 is 5.32 Å². The van der Waals surface area contributed by atoms with Crippen molar-refractivity contribution < 1.29 is 19.3 Å². The quantitative estimate of drug-likeness (QED) is 0.452. The third-order valence-corrected chi connectivity index (χ3v) is 3.08. The Balaban J connectivity index is 3.28. The molecule has 0 bridgehead atoms. The summed E-state index contributed by atoms with van der Waals surface area (Å²) in [5.41, 5.74) is 0. The van der Waals surface area contributed by atoms with Gasteiger partial charge >= 0.3 is 0 Å². The molecule has 128 valence electrons. The van der Waals surface area contributed by atoms with Gasteiger partial charge in [-0.15, -0.1) is 0 Å². The van der Waals surface area contributed by atoms with E-state index in [2.05, 4.69) is 26.1 Å². The summed E-state index contributed by atoms with van der Waals surface area (Å²) in [6.45, 7) is 10.4. The molecule has 0 aliphatic carbocycles. The second kappa shape index (κ2) is 14.7. The van der Waals surface area contributed by atoms with Crippen molar-refractivity contribution in [2.24, 2.45) is 5.92 Å². The van der Waals surface area contributed by atoms with E-state index >= 15 is 0 Å². The van der Waals surface area contributed by atoms with E-state index in [1.807, 2.05) is 0 Å². The number of nitrogens with one attached hydrogen (secondary N) is 1. The highest BCUT2D eigenvalue weighted by Gasteiger charge is 2.09.